The van der Waals surface area contributed by atoms with E-state index in [1.54, 1.807) is 4.68 Å². The van der Waals surface area contributed by atoms with E-state index in [1.165, 1.54) is 0 Å². The SMILES string of the molecule is C[Si](C)(C)N(c1ccccc1)c1nnnn1-c1ccccc1. The van der Waals surface area contributed by atoms with Crippen LogP contribution in [0.5, 0.6) is 0 Å². The molecular weight excluding hydrogens is 290 g/mol. The summed E-state index contributed by atoms with van der Waals surface area (Å²) < 4.78 is 4.07. The van der Waals surface area contributed by atoms with E-state index in [4.69, 9.17) is 0 Å². The predicted molar refractivity (Wildman–Crippen MR) is 91.1 cm³/mol. The summed E-state index contributed by atoms with van der Waals surface area (Å²) in [6, 6.07) is 20.3. The number of nitrogens with zero attached hydrogens (tertiary/aromatic N) is 5. The van der Waals surface area contributed by atoms with Gasteiger partial charge in [0.05, 0.1) is 5.69 Å². The van der Waals surface area contributed by atoms with Gasteiger partial charge in [-0.15, -0.1) is 0 Å². The lowest BCUT2D eigenvalue weighted by Crippen LogP contribution is -2.44. The van der Waals surface area contributed by atoms with Gasteiger partial charge in [-0.2, -0.15) is 4.68 Å². The molecular formula is C16H19N5Si. The fraction of sp³-hybridized carbons (Fsp3) is 0.188. The van der Waals surface area contributed by atoms with Crippen molar-refractivity contribution >= 4 is 19.9 Å². The summed E-state index contributed by atoms with van der Waals surface area (Å²) in [6.07, 6.45) is 0. The third-order valence-corrected chi connectivity index (χ3v) is 5.14. The molecule has 0 aliphatic carbocycles. The Morgan fingerprint density at radius 1 is 0.864 bits per heavy atom. The summed E-state index contributed by atoms with van der Waals surface area (Å²) in [5.41, 5.74) is 2.08. The van der Waals surface area contributed by atoms with Gasteiger partial charge in [-0.25, -0.2) is 0 Å². The third kappa shape index (κ3) is 2.78. The molecule has 22 heavy (non-hydrogen) atoms. The van der Waals surface area contributed by atoms with Crippen LogP contribution < -0.4 is 4.57 Å². The van der Waals surface area contributed by atoms with Crippen molar-refractivity contribution in [3.8, 4) is 5.69 Å². The van der Waals surface area contributed by atoms with Gasteiger partial charge < -0.3 is 4.57 Å². The fourth-order valence-electron chi connectivity index (χ4n) is 2.44. The molecule has 0 aliphatic rings. The Labute approximate surface area is 131 Å². The molecule has 2 aromatic carbocycles. The van der Waals surface area contributed by atoms with Crippen LogP contribution in [-0.4, -0.2) is 28.4 Å². The van der Waals surface area contributed by atoms with Crippen molar-refractivity contribution in [2.75, 3.05) is 4.57 Å². The highest BCUT2D eigenvalue weighted by Crippen LogP contribution is 2.30. The molecule has 5 nitrogen and oxygen atoms in total. The first-order valence-electron chi connectivity index (χ1n) is 7.26. The molecule has 3 rings (SSSR count). The Morgan fingerprint density at radius 3 is 2.05 bits per heavy atom. The van der Waals surface area contributed by atoms with Crippen LogP contribution in [0.4, 0.5) is 11.6 Å². The van der Waals surface area contributed by atoms with Crippen molar-refractivity contribution in [3.63, 3.8) is 0 Å². The van der Waals surface area contributed by atoms with Gasteiger partial charge in [-0.3, -0.25) is 0 Å². The Kier molecular flexibility index (Phi) is 3.76. The molecule has 0 N–H and O–H groups in total. The van der Waals surface area contributed by atoms with Gasteiger partial charge in [0.25, 0.3) is 0 Å². The van der Waals surface area contributed by atoms with Gasteiger partial charge in [0.15, 0.2) is 8.24 Å². The number of hydrogen-bond acceptors (Lipinski definition) is 4. The lowest BCUT2D eigenvalue weighted by molar-refractivity contribution is 0.789. The zero-order valence-corrected chi connectivity index (χ0v) is 14.0. The molecule has 0 aliphatic heterocycles. The summed E-state index contributed by atoms with van der Waals surface area (Å²) in [7, 11) is -1.73. The number of aromatic nitrogens is 4. The Hall–Kier alpha value is -2.47. The number of hydrogen-bond donors (Lipinski definition) is 0. The first-order valence-corrected chi connectivity index (χ1v) is 10.7. The summed E-state index contributed by atoms with van der Waals surface area (Å²) in [4.78, 5) is 0. The van der Waals surface area contributed by atoms with Gasteiger partial charge in [0, 0.05) is 5.69 Å². The molecule has 0 fully saturated rings. The maximum atomic E-state index is 4.30. The van der Waals surface area contributed by atoms with Crippen LogP contribution in [0.2, 0.25) is 19.6 Å². The van der Waals surface area contributed by atoms with Gasteiger partial charge in [-0.1, -0.05) is 61.1 Å². The molecule has 0 saturated heterocycles. The standard InChI is InChI=1S/C16H19N5Si/c1-22(2,3)21(15-12-8-5-9-13-15)16-17-18-19-20(16)14-10-6-4-7-11-14/h4-13H,1-3H3. The molecule has 1 aromatic heterocycles. The van der Waals surface area contributed by atoms with Crippen molar-refractivity contribution in [2.24, 2.45) is 0 Å². The van der Waals surface area contributed by atoms with Crippen molar-refractivity contribution in [1.29, 1.82) is 0 Å². The Morgan fingerprint density at radius 2 is 1.45 bits per heavy atom. The average molecular weight is 309 g/mol. The highest BCUT2D eigenvalue weighted by molar-refractivity contribution is 6.80. The largest absolute Gasteiger partial charge is 0.338 e. The average Bonchev–Trinajstić information content (AvgIpc) is 2.97. The molecule has 112 valence electrons. The number of anilines is 2. The molecule has 3 aromatic rings. The Balaban J connectivity index is 2.14. The molecule has 6 heteroatoms. The molecule has 0 saturated carbocycles. The second-order valence-electron chi connectivity index (χ2n) is 6.07. The normalized spacial score (nSPS) is 11.4. The second kappa shape index (κ2) is 5.73. The van der Waals surface area contributed by atoms with E-state index < -0.39 is 8.24 Å². The summed E-state index contributed by atoms with van der Waals surface area (Å²) in [6.45, 7) is 6.85. The summed E-state index contributed by atoms with van der Waals surface area (Å²) in [5.74, 6) is 0.761. The molecule has 0 spiro atoms. The van der Waals surface area contributed by atoms with Gasteiger partial charge >= 0.3 is 0 Å². The topological polar surface area (TPSA) is 46.8 Å². The van der Waals surface area contributed by atoms with Crippen molar-refractivity contribution in [3.05, 3.63) is 60.7 Å². The van der Waals surface area contributed by atoms with Crippen molar-refractivity contribution in [2.45, 2.75) is 19.6 Å². The van der Waals surface area contributed by atoms with Gasteiger partial charge in [0.2, 0.25) is 5.95 Å². The molecule has 0 bridgehead atoms. The number of rotatable bonds is 4. The van der Waals surface area contributed by atoms with Crippen LogP contribution >= 0.6 is 0 Å². The fourth-order valence-corrected chi connectivity index (χ4v) is 4.10. The smallest absolute Gasteiger partial charge is 0.246 e. The molecule has 0 radical (unpaired) electrons. The van der Waals surface area contributed by atoms with E-state index in [2.05, 4.69) is 51.9 Å². The predicted octanol–water partition coefficient (Wildman–Crippen LogP) is 3.64. The highest BCUT2D eigenvalue weighted by atomic mass is 28.3. The van der Waals surface area contributed by atoms with Crippen LogP contribution in [0.3, 0.4) is 0 Å². The van der Waals surface area contributed by atoms with Crippen LogP contribution in [0.1, 0.15) is 0 Å². The molecule has 0 amide bonds. The van der Waals surface area contributed by atoms with Crippen LogP contribution in [0.15, 0.2) is 60.7 Å². The van der Waals surface area contributed by atoms with E-state index in [9.17, 15) is 0 Å². The molecule has 0 atom stereocenters. The quantitative estimate of drug-likeness (QED) is 0.690. The zero-order valence-electron chi connectivity index (χ0n) is 13.0. The molecule has 1 heterocycles. The van der Waals surface area contributed by atoms with E-state index in [-0.39, 0.29) is 0 Å². The molecule has 0 unspecified atom stereocenters. The van der Waals surface area contributed by atoms with E-state index in [1.807, 2.05) is 48.5 Å². The third-order valence-electron chi connectivity index (χ3n) is 3.34. The first-order chi connectivity index (χ1) is 10.6. The minimum absolute atomic E-state index is 0.761. The summed E-state index contributed by atoms with van der Waals surface area (Å²) in [5, 5.41) is 12.4. The van der Waals surface area contributed by atoms with Gasteiger partial charge in [-0.05, 0) is 34.7 Å². The lowest BCUT2D eigenvalue weighted by atomic mass is 10.3. The summed E-state index contributed by atoms with van der Waals surface area (Å²) >= 11 is 0. The number of para-hydroxylation sites is 2. The van der Waals surface area contributed by atoms with Crippen molar-refractivity contribution < 1.29 is 0 Å². The number of benzene rings is 2. The minimum atomic E-state index is -1.73. The maximum absolute atomic E-state index is 4.30. The van der Waals surface area contributed by atoms with Gasteiger partial charge in [0.1, 0.15) is 0 Å². The van der Waals surface area contributed by atoms with E-state index >= 15 is 0 Å². The highest BCUT2D eigenvalue weighted by Gasteiger charge is 2.30. The van der Waals surface area contributed by atoms with Crippen LogP contribution in [-0.2, 0) is 0 Å². The monoisotopic (exact) mass is 309 g/mol. The van der Waals surface area contributed by atoms with E-state index in [0.717, 1.165) is 17.3 Å². The van der Waals surface area contributed by atoms with E-state index in [0.29, 0.717) is 0 Å². The maximum Gasteiger partial charge on any atom is 0.246 e. The Bertz CT molecular complexity index is 734. The first kappa shape index (κ1) is 14.5. The zero-order chi connectivity index (χ0) is 15.6. The lowest BCUT2D eigenvalue weighted by Gasteiger charge is -2.34. The minimum Gasteiger partial charge on any atom is -0.338 e. The van der Waals surface area contributed by atoms with Crippen molar-refractivity contribution in [1.82, 2.24) is 20.2 Å². The number of tetrazole rings is 1. The van der Waals surface area contributed by atoms with Crippen LogP contribution in [0.25, 0.3) is 5.69 Å². The van der Waals surface area contributed by atoms with Crippen LogP contribution in [0, 0.1) is 0 Å². The second-order valence-corrected chi connectivity index (χ2v) is 10.9.